The van der Waals surface area contributed by atoms with Gasteiger partial charge in [0.2, 0.25) is 5.28 Å². The molecule has 0 saturated heterocycles. The molecule has 20 heavy (non-hydrogen) atoms. The van der Waals surface area contributed by atoms with E-state index in [1.165, 1.54) is 0 Å². The Labute approximate surface area is 114 Å². The van der Waals surface area contributed by atoms with Crippen LogP contribution >= 0.6 is 11.6 Å². The SMILES string of the molecule is Fc1ccc(C(F)(F)F)cc1Nc1nc(Cl)ncc1F. The molecule has 0 aliphatic heterocycles. The zero-order valence-corrected chi connectivity index (χ0v) is 10.2. The zero-order valence-electron chi connectivity index (χ0n) is 9.47. The van der Waals surface area contributed by atoms with Crippen molar-refractivity contribution in [1.82, 2.24) is 9.97 Å². The van der Waals surface area contributed by atoms with E-state index in [9.17, 15) is 22.0 Å². The molecule has 0 atom stereocenters. The number of rotatable bonds is 2. The van der Waals surface area contributed by atoms with Gasteiger partial charge in [-0.25, -0.2) is 13.8 Å². The molecule has 0 unspecified atom stereocenters. The third kappa shape index (κ3) is 3.13. The monoisotopic (exact) mass is 309 g/mol. The number of anilines is 2. The van der Waals surface area contributed by atoms with E-state index in [1.807, 2.05) is 0 Å². The molecule has 0 aliphatic carbocycles. The molecular formula is C11H5ClF5N3. The molecule has 1 N–H and O–H groups in total. The first-order valence-corrected chi connectivity index (χ1v) is 5.47. The summed E-state index contributed by atoms with van der Waals surface area (Å²) >= 11 is 5.42. The highest BCUT2D eigenvalue weighted by atomic mass is 35.5. The smallest absolute Gasteiger partial charge is 0.335 e. The van der Waals surface area contributed by atoms with Crippen LogP contribution in [0.3, 0.4) is 0 Å². The minimum Gasteiger partial charge on any atom is -0.335 e. The molecule has 1 aromatic carbocycles. The Kier molecular flexibility index (Phi) is 3.76. The van der Waals surface area contributed by atoms with Gasteiger partial charge in [-0.3, -0.25) is 0 Å². The fourth-order valence-corrected chi connectivity index (χ4v) is 1.49. The van der Waals surface area contributed by atoms with Gasteiger partial charge < -0.3 is 5.32 Å². The molecule has 0 bridgehead atoms. The van der Waals surface area contributed by atoms with E-state index in [0.29, 0.717) is 24.4 Å². The van der Waals surface area contributed by atoms with Crippen molar-refractivity contribution in [3.05, 3.63) is 46.9 Å². The Morgan fingerprint density at radius 2 is 1.80 bits per heavy atom. The number of nitrogens with zero attached hydrogens (tertiary/aromatic N) is 2. The third-order valence-electron chi connectivity index (χ3n) is 2.26. The number of alkyl halides is 3. The molecule has 0 aliphatic rings. The lowest BCUT2D eigenvalue weighted by Gasteiger charge is -2.11. The lowest BCUT2D eigenvalue weighted by molar-refractivity contribution is -0.137. The number of hydrogen-bond donors (Lipinski definition) is 1. The normalized spacial score (nSPS) is 11.5. The van der Waals surface area contributed by atoms with Gasteiger partial charge in [0.1, 0.15) is 5.82 Å². The quantitative estimate of drug-likeness (QED) is 0.668. The predicted molar refractivity (Wildman–Crippen MR) is 61.7 cm³/mol. The zero-order chi connectivity index (χ0) is 14.9. The van der Waals surface area contributed by atoms with Crippen LogP contribution in [0, 0.1) is 11.6 Å². The average molecular weight is 310 g/mol. The van der Waals surface area contributed by atoms with E-state index in [-0.39, 0.29) is 5.28 Å². The number of aromatic nitrogens is 2. The minimum absolute atomic E-state index is 0.332. The van der Waals surface area contributed by atoms with Crippen molar-refractivity contribution in [3.8, 4) is 0 Å². The van der Waals surface area contributed by atoms with Gasteiger partial charge in [0.05, 0.1) is 17.4 Å². The van der Waals surface area contributed by atoms with Crippen LogP contribution in [-0.4, -0.2) is 9.97 Å². The van der Waals surface area contributed by atoms with Crippen molar-refractivity contribution in [2.75, 3.05) is 5.32 Å². The molecule has 3 nitrogen and oxygen atoms in total. The Morgan fingerprint density at radius 3 is 2.45 bits per heavy atom. The highest BCUT2D eigenvalue weighted by Gasteiger charge is 2.31. The van der Waals surface area contributed by atoms with Gasteiger partial charge in [-0.15, -0.1) is 0 Å². The molecule has 0 spiro atoms. The number of halogens is 6. The fraction of sp³-hybridized carbons (Fsp3) is 0.0909. The van der Waals surface area contributed by atoms with E-state index in [2.05, 4.69) is 15.3 Å². The molecule has 1 aromatic heterocycles. The lowest BCUT2D eigenvalue weighted by Crippen LogP contribution is -2.07. The van der Waals surface area contributed by atoms with Crippen LogP contribution in [0.2, 0.25) is 5.28 Å². The summed E-state index contributed by atoms with van der Waals surface area (Å²) in [5.41, 5.74) is -1.66. The standard InChI is InChI=1S/C11H5ClF5N3/c12-10-18-4-7(14)9(20-10)19-8-3-5(11(15,16)17)1-2-6(8)13/h1-4H,(H,18,19,20). The van der Waals surface area contributed by atoms with Crippen molar-refractivity contribution in [2.24, 2.45) is 0 Å². The number of benzene rings is 1. The van der Waals surface area contributed by atoms with Gasteiger partial charge >= 0.3 is 6.18 Å². The van der Waals surface area contributed by atoms with Crippen molar-refractivity contribution < 1.29 is 22.0 Å². The summed E-state index contributed by atoms with van der Waals surface area (Å²) in [6.07, 6.45) is -3.94. The van der Waals surface area contributed by atoms with Gasteiger partial charge in [-0.2, -0.15) is 18.2 Å². The van der Waals surface area contributed by atoms with Gasteiger partial charge in [0.25, 0.3) is 0 Å². The van der Waals surface area contributed by atoms with Crippen molar-refractivity contribution in [2.45, 2.75) is 6.18 Å². The maximum Gasteiger partial charge on any atom is 0.416 e. The summed E-state index contributed by atoms with van der Waals surface area (Å²) in [5, 5.41) is 1.78. The molecule has 1 heterocycles. The van der Waals surface area contributed by atoms with E-state index in [1.54, 1.807) is 0 Å². The second-order valence-corrected chi connectivity index (χ2v) is 3.99. The van der Waals surface area contributed by atoms with Crippen LogP contribution < -0.4 is 5.32 Å². The summed E-state index contributed by atoms with van der Waals surface area (Å²) in [6, 6.07) is 1.69. The summed E-state index contributed by atoms with van der Waals surface area (Å²) < 4.78 is 64.3. The van der Waals surface area contributed by atoms with Crippen LogP contribution in [0.5, 0.6) is 0 Å². The second-order valence-electron chi connectivity index (χ2n) is 3.65. The summed E-state index contributed by atoms with van der Waals surface area (Å²) in [5.74, 6) is -2.50. The fourth-order valence-electron chi connectivity index (χ4n) is 1.36. The van der Waals surface area contributed by atoms with E-state index >= 15 is 0 Å². The molecule has 0 amide bonds. The topological polar surface area (TPSA) is 37.8 Å². The molecule has 2 aromatic rings. The third-order valence-corrected chi connectivity index (χ3v) is 2.44. The van der Waals surface area contributed by atoms with Crippen LogP contribution in [-0.2, 0) is 6.18 Å². The van der Waals surface area contributed by atoms with Gasteiger partial charge in [-0.05, 0) is 29.8 Å². The van der Waals surface area contributed by atoms with Crippen molar-refractivity contribution in [1.29, 1.82) is 0 Å². The van der Waals surface area contributed by atoms with Gasteiger partial charge in [-0.1, -0.05) is 0 Å². The molecule has 106 valence electrons. The maximum atomic E-state index is 13.4. The Bertz CT molecular complexity index is 644. The van der Waals surface area contributed by atoms with Gasteiger partial charge in [0.15, 0.2) is 11.6 Å². The average Bonchev–Trinajstić information content (AvgIpc) is 2.35. The van der Waals surface area contributed by atoms with E-state index in [0.717, 1.165) is 0 Å². The van der Waals surface area contributed by atoms with Gasteiger partial charge in [0, 0.05) is 0 Å². The largest absolute Gasteiger partial charge is 0.416 e. The van der Waals surface area contributed by atoms with Crippen LogP contribution in [0.25, 0.3) is 0 Å². The predicted octanol–water partition coefficient (Wildman–Crippen LogP) is 4.17. The van der Waals surface area contributed by atoms with Crippen molar-refractivity contribution in [3.63, 3.8) is 0 Å². The Hall–Kier alpha value is -1.96. The first-order valence-electron chi connectivity index (χ1n) is 5.09. The summed E-state index contributed by atoms with van der Waals surface area (Å²) in [4.78, 5) is 6.75. The molecular weight excluding hydrogens is 305 g/mol. The number of hydrogen-bond acceptors (Lipinski definition) is 3. The highest BCUT2D eigenvalue weighted by Crippen LogP contribution is 2.32. The van der Waals surface area contributed by atoms with E-state index in [4.69, 9.17) is 11.6 Å². The van der Waals surface area contributed by atoms with Crippen molar-refractivity contribution >= 4 is 23.1 Å². The molecule has 0 radical (unpaired) electrons. The summed E-state index contributed by atoms with van der Waals surface area (Å²) in [6.45, 7) is 0. The lowest BCUT2D eigenvalue weighted by atomic mass is 10.2. The molecule has 0 fully saturated rings. The van der Waals surface area contributed by atoms with Crippen LogP contribution in [0.1, 0.15) is 5.56 Å². The second kappa shape index (κ2) is 5.20. The summed E-state index contributed by atoms with van der Waals surface area (Å²) in [7, 11) is 0. The maximum absolute atomic E-state index is 13.4. The first kappa shape index (κ1) is 14.4. The van der Waals surface area contributed by atoms with Crippen LogP contribution in [0.4, 0.5) is 33.5 Å². The van der Waals surface area contributed by atoms with Crippen LogP contribution in [0.15, 0.2) is 24.4 Å². The molecule has 2 rings (SSSR count). The number of nitrogens with one attached hydrogen (secondary N) is 1. The Morgan fingerprint density at radius 1 is 1.10 bits per heavy atom. The molecule has 9 heteroatoms. The first-order chi connectivity index (χ1) is 9.27. The minimum atomic E-state index is -4.65. The highest BCUT2D eigenvalue weighted by molar-refractivity contribution is 6.28. The van der Waals surface area contributed by atoms with E-state index < -0.39 is 34.9 Å². The Balaban J connectivity index is 2.40. The molecule has 0 saturated carbocycles.